The third kappa shape index (κ3) is 7.11. The van der Waals surface area contributed by atoms with Gasteiger partial charge < -0.3 is 34.8 Å². The Bertz CT molecular complexity index is 1440. The lowest BCUT2D eigenvalue weighted by molar-refractivity contribution is 0.0694. The minimum Gasteiger partial charge on any atom is -0.508 e. The summed E-state index contributed by atoms with van der Waals surface area (Å²) in [7, 11) is 1.57. The lowest BCUT2D eigenvalue weighted by Crippen LogP contribution is -2.35. The zero-order valence-corrected chi connectivity index (χ0v) is 22.6. The lowest BCUT2D eigenvalue weighted by atomic mass is 10.0. The Balaban J connectivity index is 1.39. The molecule has 8 heteroatoms. The third-order valence-corrected chi connectivity index (χ3v) is 6.54. The number of rotatable bonds is 12. The highest BCUT2D eigenvalue weighted by atomic mass is 16.5. The fourth-order valence-corrected chi connectivity index (χ4v) is 4.24. The van der Waals surface area contributed by atoms with Crippen molar-refractivity contribution >= 4 is 5.97 Å². The smallest absolute Gasteiger partial charge is 0.339 e. The van der Waals surface area contributed by atoms with Gasteiger partial charge in [-0.05, 0) is 96.8 Å². The molecule has 0 heterocycles. The largest absolute Gasteiger partial charge is 0.508 e. The molecule has 8 nitrogen and oxygen atoms in total. The average Bonchev–Trinajstić information content (AvgIpc) is 2.96. The van der Waals surface area contributed by atoms with Crippen LogP contribution in [0.5, 0.6) is 28.7 Å². The van der Waals surface area contributed by atoms with Gasteiger partial charge in [0.1, 0.15) is 40.9 Å². The first-order chi connectivity index (χ1) is 19.2. The molecule has 2 atom stereocenters. The van der Waals surface area contributed by atoms with E-state index in [1.807, 2.05) is 32.0 Å². The monoisotopic (exact) mass is 543 g/mol. The number of carbonyl (C=O) groups is 1. The van der Waals surface area contributed by atoms with Gasteiger partial charge in [0.2, 0.25) is 0 Å². The maximum Gasteiger partial charge on any atom is 0.339 e. The summed E-state index contributed by atoms with van der Waals surface area (Å²) in [6.45, 7) is 4.77. The molecular formula is C32H33NO7. The van der Waals surface area contributed by atoms with Gasteiger partial charge >= 0.3 is 5.97 Å². The van der Waals surface area contributed by atoms with E-state index in [2.05, 4.69) is 5.32 Å². The van der Waals surface area contributed by atoms with Crippen LogP contribution >= 0.6 is 0 Å². The van der Waals surface area contributed by atoms with E-state index in [1.54, 1.807) is 67.8 Å². The van der Waals surface area contributed by atoms with Crippen molar-refractivity contribution < 1.29 is 34.3 Å². The Labute approximate surface area is 233 Å². The van der Waals surface area contributed by atoms with E-state index in [4.69, 9.17) is 14.2 Å². The van der Waals surface area contributed by atoms with Gasteiger partial charge in [-0.2, -0.15) is 0 Å². The molecule has 4 rings (SSSR count). The summed E-state index contributed by atoms with van der Waals surface area (Å²) in [5.74, 6) is 1.23. The Hall–Kier alpha value is -4.53. The van der Waals surface area contributed by atoms with Crippen molar-refractivity contribution in [2.45, 2.75) is 26.0 Å². The summed E-state index contributed by atoms with van der Waals surface area (Å²) in [5, 5.41) is 32.9. The van der Waals surface area contributed by atoms with E-state index in [-0.39, 0.29) is 23.1 Å². The number of aliphatic hydroxyl groups excluding tert-OH is 1. The second-order valence-electron chi connectivity index (χ2n) is 9.40. The summed E-state index contributed by atoms with van der Waals surface area (Å²) in [5.41, 5.74) is 3.41. The molecule has 0 unspecified atom stereocenters. The summed E-state index contributed by atoms with van der Waals surface area (Å²) in [4.78, 5) is 11.8. The number of hydrogen-bond donors (Lipinski definition) is 4. The molecule has 0 spiro atoms. The molecule has 4 aromatic rings. The molecule has 0 aliphatic heterocycles. The van der Waals surface area contributed by atoms with Crippen LogP contribution < -0.4 is 19.5 Å². The number of nitrogens with one attached hydrogen (secondary N) is 1. The Morgan fingerprint density at radius 2 is 1.52 bits per heavy atom. The number of carboxylic acids is 1. The van der Waals surface area contributed by atoms with E-state index in [1.165, 1.54) is 6.07 Å². The van der Waals surface area contributed by atoms with Crippen molar-refractivity contribution in [2.24, 2.45) is 0 Å². The summed E-state index contributed by atoms with van der Waals surface area (Å²) in [6.07, 6.45) is -0.715. The summed E-state index contributed by atoms with van der Waals surface area (Å²) in [6, 6.07) is 24.0. The number of benzene rings is 4. The molecule has 0 aliphatic rings. The van der Waals surface area contributed by atoms with E-state index in [0.29, 0.717) is 24.7 Å². The van der Waals surface area contributed by atoms with Crippen molar-refractivity contribution in [2.75, 3.05) is 20.3 Å². The first kappa shape index (κ1) is 28.5. The zero-order chi connectivity index (χ0) is 28.6. The van der Waals surface area contributed by atoms with Gasteiger partial charge in [-0.15, -0.1) is 0 Å². The Kier molecular flexibility index (Phi) is 9.27. The average molecular weight is 544 g/mol. The normalized spacial score (nSPS) is 12.4. The minimum absolute atomic E-state index is 0.0634. The molecule has 0 amide bonds. The molecule has 0 bridgehead atoms. The fraction of sp³-hybridized carbons (Fsp3) is 0.219. The van der Waals surface area contributed by atoms with Crippen molar-refractivity contribution in [3.63, 3.8) is 0 Å². The topological polar surface area (TPSA) is 117 Å². The highest BCUT2D eigenvalue weighted by Crippen LogP contribution is 2.33. The number of aliphatic hydroxyl groups is 1. The molecule has 208 valence electrons. The number of carboxylic acid groups (broad SMARTS) is 1. The van der Waals surface area contributed by atoms with Crippen LogP contribution in [-0.2, 0) is 0 Å². The van der Waals surface area contributed by atoms with Crippen LogP contribution in [0, 0.1) is 6.92 Å². The zero-order valence-electron chi connectivity index (χ0n) is 22.6. The van der Waals surface area contributed by atoms with Crippen molar-refractivity contribution in [3.05, 3.63) is 102 Å². The molecule has 0 saturated carbocycles. The second kappa shape index (κ2) is 13.0. The van der Waals surface area contributed by atoms with Gasteiger partial charge in [0.25, 0.3) is 0 Å². The molecule has 0 aliphatic carbocycles. The number of phenols is 1. The van der Waals surface area contributed by atoms with Crippen LogP contribution in [0.3, 0.4) is 0 Å². The van der Waals surface area contributed by atoms with Gasteiger partial charge in [0.15, 0.2) is 0 Å². The number of aryl methyl sites for hydroxylation is 1. The predicted molar refractivity (Wildman–Crippen MR) is 153 cm³/mol. The first-order valence-corrected chi connectivity index (χ1v) is 12.9. The summed E-state index contributed by atoms with van der Waals surface area (Å²) < 4.78 is 17.1. The maximum absolute atomic E-state index is 11.8. The highest BCUT2D eigenvalue weighted by Gasteiger charge is 2.17. The maximum atomic E-state index is 11.8. The predicted octanol–water partition coefficient (Wildman–Crippen LogP) is 5.96. The SMILES string of the molecule is COc1ccc(Oc2cc(-c3ccc(OCCN[C@H](C)[C@@H](O)c4ccc(O)cc4)c(C)c3)ccc2C(=O)O)cc1. The molecule has 4 aromatic carbocycles. The van der Waals surface area contributed by atoms with E-state index < -0.39 is 12.1 Å². The molecule has 0 saturated heterocycles. The Morgan fingerprint density at radius 1 is 0.875 bits per heavy atom. The fourth-order valence-electron chi connectivity index (χ4n) is 4.24. The number of aromatic carboxylic acids is 1. The Morgan fingerprint density at radius 3 is 2.17 bits per heavy atom. The van der Waals surface area contributed by atoms with Gasteiger partial charge in [-0.1, -0.05) is 24.3 Å². The summed E-state index contributed by atoms with van der Waals surface area (Å²) >= 11 is 0. The number of hydrogen-bond acceptors (Lipinski definition) is 7. The number of aromatic hydroxyl groups is 1. The van der Waals surface area contributed by atoms with Crippen LogP contribution in [-0.4, -0.2) is 47.6 Å². The van der Waals surface area contributed by atoms with Gasteiger partial charge in [-0.3, -0.25) is 0 Å². The standard InChI is InChI=1S/C32H33NO7/c1-20-18-23(7-15-29(20)39-17-16-33-21(2)31(35)22-4-8-25(34)9-5-22)24-6-14-28(32(36)37)30(19-24)40-27-12-10-26(38-3)11-13-27/h4-15,18-19,21,31,33-35H,16-17H2,1-3H3,(H,36,37)/t21-,31-/m1/s1. The van der Waals surface area contributed by atoms with E-state index >= 15 is 0 Å². The first-order valence-electron chi connectivity index (χ1n) is 12.9. The third-order valence-electron chi connectivity index (χ3n) is 6.54. The van der Waals surface area contributed by atoms with Gasteiger partial charge in [0, 0.05) is 12.6 Å². The van der Waals surface area contributed by atoms with E-state index in [0.717, 1.165) is 28.0 Å². The highest BCUT2D eigenvalue weighted by molar-refractivity contribution is 5.92. The van der Waals surface area contributed by atoms with Gasteiger partial charge in [-0.25, -0.2) is 4.79 Å². The lowest BCUT2D eigenvalue weighted by Gasteiger charge is -2.21. The second-order valence-corrected chi connectivity index (χ2v) is 9.40. The van der Waals surface area contributed by atoms with Gasteiger partial charge in [0.05, 0.1) is 13.2 Å². The molecular weight excluding hydrogens is 510 g/mol. The van der Waals surface area contributed by atoms with E-state index in [9.17, 15) is 20.1 Å². The van der Waals surface area contributed by atoms with Crippen LogP contribution in [0.25, 0.3) is 11.1 Å². The van der Waals surface area contributed by atoms with Crippen molar-refractivity contribution in [3.8, 4) is 39.9 Å². The molecule has 4 N–H and O–H groups in total. The molecule has 40 heavy (non-hydrogen) atoms. The number of methoxy groups -OCH3 is 1. The van der Waals surface area contributed by atoms with Crippen LogP contribution in [0.15, 0.2) is 84.9 Å². The minimum atomic E-state index is -1.08. The quantitative estimate of drug-likeness (QED) is 0.162. The molecule has 0 aromatic heterocycles. The van der Waals surface area contributed by atoms with Crippen LogP contribution in [0.1, 0.15) is 34.5 Å². The van der Waals surface area contributed by atoms with Crippen LogP contribution in [0.4, 0.5) is 0 Å². The van der Waals surface area contributed by atoms with Crippen LogP contribution in [0.2, 0.25) is 0 Å². The number of ether oxygens (including phenoxy) is 3. The molecule has 0 fully saturated rings. The van der Waals surface area contributed by atoms with Crippen molar-refractivity contribution in [1.82, 2.24) is 5.32 Å². The van der Waals surface area contributed by atoms with Crippen molar-refractivity contribution in [1.29, 1.82) is 0 Å². The number of phenolic OH excluding ortho intramolecular Hbond substituents is 1. The molecule has 0 radical (unpaired) electrons.